The number of amides is 1. The number of aromatic nitrogens is 3. The van der Waals surface area contributed by atoms with Crippen LogP contribution in [0.4, 0.5) is 26.3 Å². The Morgan fingerprint density at radius 3 is 2.16 bits per heavy atom. The van der Waals surface area contributed by atoms with Crippen LogP contribution in [0.25, 0.3) is 27.5 Å². The monoisotopic (exact) mass is 696 g/mol. The fourth-order valence-corrected chi connectivity index (χ4v) is 7.02. The Labute approximate surface area is 266 Å². The molecule has 4 aromatic rings. The van der Waals surface area contributed by atoms with E-state index in [9.17, 15) is 36.2 Å². The average Bonchev–Trinajstić information content (AvgIpc) is 3.49. The van der Waals surface area contributed by atoms with E-state index in [0.29, 0.717) is 32.6 Å². The Bertz CT molecular complexity index is 1670. The fraction of sp³-hybridized carbons (Fsp3) is 0.321. The topological polar surface area (TPSA) is 71.2 Å². The predicted octanol–water partition coefficient (Wildman–Crippen LogP) is 8.88. The number of halogens is 8. The van der Waals surface area contributed by atoms with E-state index in [1.807, 2.05) is 13.8 Å². The van der Waals surface area contributed by atoms with Gasteiger partial charge in [-0.2, -0.15) is 36.1 Å². The average molecular weight is 698 g/mol. The summed E-state index contributed by atoms with van der Waals surface area (Å²) in [6.07, 6.45) is -10.2. The summed E-state index contributed by atoms with van der Waals surface area (Å²) in [6.45, 7) is 4.66. The Hall–Kier alpha value is -2.78. The van der Waals surface area contributed by atoms with Gasteiger partial charge in [-0.15, -0.1) is 11.8 Å². The van der Waals surface area contributed by atoms with Crippen LogP contribution in [-0.2, 0) is 12.4 Å². The normalized spacial score (nSPS) is 12.3. The molecule has 0 radical (unpaired) electrons. The minimum Gasteiger partial charge on any atom is -0.395 e. The summed E-state index contributed by atoms with van der Waals surface area (Å²) < 4.78 is 84.4. The SMILES string of the molecule is Cc1nn(-c2nc(-c3ccc(Cl)c(Cl)c3)c(SC(C)C)s2)c(C(=O)N(C)CCO)c1-c1cc(C(F)(F)F)cc(C(F)(F)F)c1. The van der Waals surface area contributed by atoms with Crippen LogP contribution >= 0.6 is 46.3 Å². The van der Waals surface area contributed by atoms with Crippen LogP contribution in [0.3, 0.4) is 0 Å². The van der Waals surface area contributed by atoms with Gasteiger partial charge in [0.1, 0.15) is 5.69 Å². The number of alkyl halides is 6. The van der Waals surface area contributed by atoms with Gasteiger partial charge in [0.25, 0.3) is 5.91 Å². The van der Waals surface area contributed by atoms with E-state index in [1.165, 1.54) is 25.7 Å². The molecule has 2 heterocycles. The van der Waals surface area contributed by atoms with Crippen molar-refractivity contribution in [1.82, 2.24) is 19.7 Å². The second-order valence-electron chi connectivity index (χ2n) is 9.89. The lowest BCUT2D eigenvalue weighted by molar-refractivity contribution is -0.143. The van der Waals surface area contributed by atoms with Crippen molar-refractivity contribution in [2.45, 2.75) is 42.6 Å². The number of hydrogen-bond donors (Lipinski definition) is 1. The summed E-state index contributed by atoms with van der Waals surface area (Å²) in [7, 11) is 1.34. The summed E-state index contributed by atoms with van der Waals surface area (Å²) >= 11 is 14.9. The molecule has 0 spiro atoms. The number of rotatable bonds is 8. The Kier molecular flexibility index (Phi) is 10.0. The molecule has 0 bridgehead atoms. The van der Waals surface area contributed by atoms with Gasteiger partial charge in [0, 0.05) is 30.0 Å². The molecule has 0 fully saturated rings. The third-order valence-corrected chi connectivity index (χ3v) is 9.21. The first kappa shape index (κ1) is 34.1. The van der Waals surface area contributed by atoms with E-state index in [2.05, 4.69) is 5.10 Å². The number of hydrogen-bond acceptors (Lipinski definition) is 6. The lowest BCUT2D eigenvalue weighted by atomic mass is 9.97. The fourth-order valence-electron chi connectivity index (χ4n) is 4.25. The van der Waals surface area contributed by atoms with Gasteiger partial charge in [-0.25, -0.2) is 4.98 Å². The summed E-state index contributed by atoms with van der Waals surface area (Å²) in [4.78, 5) is 19.6. The standard InChI is InChI=1S/C28H24Cl2F6N4O2S2/c1-13(2)43-25-22(15-5-6-19(29)20(30)11-15)37-26(44-25)40-23(24(42)39(4)7-8-41)21(14(3)38-40)16-9-17(27(31,32)33)12-18(10-16)28(34,35)36/h5-6,9-13,41H,7-8H2,1-4H3. The third kappa shape index (κ3) is 7.20. The zero-order valence-electron chi connectivity index (χ0n) is 23.4. The smallest absolute Gasteiger partial charge is 0.395 e. The number of aryl methyl sites for hydroxylation is 1. The van der Waals surface area contributed by atoms with Crippen molar-refractivity contribution in [3.63, 3.8) is 0 Å². The summed E-state index contributed by atoms with van der Waals surface area (Å²) in [5, 5.41) is 14.7. The zero-order chi connectivity index (χ0) is 32.7. The van der Waals surface area contributed by atoms with Crippen LogP contribution in [0.5, 0.6) is 0 Å². The number of carbonyl (C=O) groups is 1. The van der Waals surface area contributed by atoms with Gasteiger partial charge in [0.2, 0.25) is 5.13 Å². The summed E-state index contributed by atoms with van der Waals surface area (Å²) in [5.41, 5.74) is -3.09. The number of aliphatic hydroxyl groups excluding tert-OH is 1. The molecule has 0 aliphatic rings. The van der Waals surface area contributed by atoms with Gasteiger partial charge in [-0.3, -0.25) is 4.79 Å². The number of nitrogens with zero attached hydrogens (tertiary/aromatic N) is 4. The van der Waals surface area contributed by atoms with Crippen molar-refractivity contribution >= 4 is 52.2 Å². The highest BCUT2D eigenvalue weighted by Gasteiger charge is 2.38. The van der Waals surface area contributed by atoms with Crippen molar-refractivity contribution in [2.24, 2.45) is 0 Å². The van der Waals surface area contributed by atoms with Crippen LogP contribution in [0.1, 0.15) is 41.2 Å². The molecule has 1 amide bonds. The highest BCUT2D eigenvalue weighted by molar-refractivity contribution is 8.01. The van der Waals surface area contributed by atoms with E-state index in [-0.39, 0.29) is 45.0 Å². The first-order valence-electron chi connectivity index (χ1n) is 12.8. The molecule has 0 aliphatic heterocycles. The molecule has 4 rings (SSSR count). The number of aliphatic hydroxyl groups is 1. The zero-order valence-corrected chi connectivity index (χ0v) is 26.6. The molecule has 16 heteroatoms. The molecule has 1 N–H and O–H groups in total. The second-order valence-corrected chi connectivity index (χ2v) is 13.5. The minimum absolute atomic E-state index is 0.0115. The van der Waals surface area contributed by atoms with Crippen molar-refractivity contribution in [2.75, 3.05) is 20.2 Å². The van der Waals surface area contributed by atoms with Gasteiger partial charge >= 0.3 is 12.4 Å². The molecule has 0 atom stereocenters. The van der Waals surface area contributed by atoms with Crippen LogP contribution in [0.15, 0.2) is 40.6 Å². The predicted molar refractivity (Wildman–Crippen MR) is 160 cm³/mol. The molecular weight excluding hydrogens is 673 g/mol. The molecule has 0 saturated carbocycles. The van der Waals surface area contributed by atoms with Crippen molar-refractivity contribution in [3.05, 3.63) is 69.0 Å². The molecule has 0 unspecified atom stereocenters. The second kappa shape index (κ2) is 12.9. The maximum atomic E-state index is 13.8. The van der Waals surface area contributed by atoms with Crippen LogP contribution in [-0.4, -0.2) is 56.1 Å². The molecule has 2 aromatic carbocycles. The van der Waals surface area contributed by atoms with Gasteiger partial charge in [0.15, 0.2) is 0 Å². The van der Waals surface area contributed by atoms with Crippen LogP contribution in [0, 0.1) is 6.92 Å². The van der Waals surface area contributed by atoms with E-state index in [0.717, 1.165) is 20.9 Å². The van der Waals surface area contributed by atoms with Gasteiger partial charge in [0.05, 0.1) is 43.4 Å². The molecule has 0 saturated heterocycles. The summed E-state index contributed by atoms with van der Waals surface area (Å²) in [6, 6.07) is 6.01. The van der Waals surface area contributed by atoms with Crippen LogP contribution in [0.2, 0.25) is 10.0 Å². The van der Waals surface area contributed by atoms with Crippen molar-refractivity contribution in [1.29, 1.82) is 0 Å². The largest absolute Gasteiger partial charge is 0.416 e. The van der Waals surface area contributed by atoms with Crippen LogP contribution < -0.4 is 0 Å². The number of benzene rings is 2. The Balaban J connectivity index is 2.04. The molecular formula is C28H24Cl2F6N4O2S2. The quantitative estimate of drug-likeness (QED) is 0.147. The maximum absolute atomic E-state index is 13.8. The Morgan fingerprint density at radius 2 is 1.64 bits per heavy atom. The van der Waals surface area contributed by atoms with E-state index >= 15 is 0 Å². The molecule has 0 aliphatic carbocycles. The highest BCUT2D eigenvalue weighted by atomic mass is 35.5. The number of carbonyl (C=O) groups excluding carboxylic acids is 1. The number of thiazole rings is 1. The molecule has 6 nitrogen and oxygen atoms in total. The number of likely N-dealkylation sites (N-methyl/N-ethyl adjacent to an activating group) is 1. The minimum atomic E-state index is -5.11. The molecule has 2 aromatic heterocycles. The third-order valence-electron chi connectivity index (χ3n) is 6.22. The van der Waals surface area contributed by atoms with E-state index < -0.39 is 41.6 Å². The summed E-state index contributed by atoms with van der Waals surface area (Å²) in [5.74, 6) is -0.801. The Morgan fingerprint density at radius 1 is 1.02 bits per heavy atom. The van der Waals surface area contributed by atoms with Gasteiger partial charge < -0.3 is 10.0 Å². The highest BCUT2D eigenvalue weighted by Crippen LogP contribution is 2.44. The molecule has 236 valence electrons. The van der Waals surface area contributed by atoms with Gasteiger partial charge in [-0.1, -0.05) is 54.5 Å². The van der Waals surface area contributed by atoms with Gasteiger partial charge in [-0.05, 0) is 42.8 Å². The molecule has 44 heavy (non-hydrogen) atoms. The van der Waals surface area contributed by atoms with Crippen molar-refractivity contribution in [3.8, 4) is 27.5 Å². The van der Waals surface area contributed by atoms with Crippen molar-refractivity contribution < 1.29 is 36.2 Å². The first-order chi connectivity index (χ1) is 20.4. The first-order valence-corrected chi connectivity index (χ1v) is 15.3. The van der Waals surface area contributed by atoms with E-state index in [1.54, 1.807) is 18.2 Å². The van der Waals surface area contributed by atoms with E-state index in [4.69, 9.17) is 28.2 Å². The lowest BCUT2D eigenvalue weighted by Gasteiger charge is -2.18. The maximum Gasteiger partial charge on any atom is 0.416 e. The lowest BCUT2D eigenvalue weighted by Crippen LogP contribution is -2.31. The number of thioether (sulfide) groups is 1.